The van der Waals surface area contributed by atoms with Crippen molar-refractivity contribution in [3.05, 3.63) is 71.8 Å². The fourth-order valence-electron chi connectivity index (χ4n) is 4.20. The van der Waals surface area contributed by atoms with E-state index in [0.717, 1.165) is 32.9 Å². The van der Waals surface area contributed by atoms with Crippen LogP contribution in [0.4, 0.5) is 13.2 Å². The lowest BCUT2D eigenvalue weighted by molar-refractivity contribution is -0.204. The van der Waals surface area contributed by atoms with Crippen LogP contribution in [0.2, 0.25) is 0 Å². The Bertz CT molecular complexity index is 720. The van der Waals surface area contributed by atoms with Crippen LogP contribution >= 0.6 is 0 Å². The summed E-state index contributed by atoms with van der Waals surface area (Å²) in [5.41, 5.74) is 0.218. The molecule has 2 aromatic carbocycles. The molecule has 1 saturated carbocycles. The standard InChI is InChI=1S/C24H31F3N2O/c1-23(18-30,24(25,26)27)28-21-12-14-22(15-13-21)29(16-19-8-4-2-5-9-19)17-20-10-6-3-7-11-20/h2-11,21-22,28,30H,12-18H2,1H3/t21?,22?,23-/m1/s1. The van der Waals surface area contributed by atoms with Gasteiger partial charge in [0.2, 0.25) is 0 Å². The van der Waals surface area contributed by atoms with Gasteiger partial charge in [0.1, 0.15) is 5.54 Å². The molecule has 164 valence electrons. The van der Waals surface area contributed by atoms with Gasteiger partial charge in [-0.1, -0.05) is 60.7 Å². The van der Waals surface area contributed by atoms with Crippen molar-refractivity contribution in [2.45, 2.75) is 69.5 Å². The maximum Gasteiger partial charge on any atom is 0.408 e. The van der Waals surface area contributed by atoms with E-state index in [0.29, 0.717) is 18.9 Å². The van der Waals surface area contributed by atoms with Gasteiger partial charge in [0.05, 0.1) is 6.61 Å². The molecule has 6 heteroatoms. The van der Waals surface area contributed by atoms with Crippen molar-refractivity contribution in [1.29, 1.82) is 0 Å². The zero-order chi connectivity index (χ0) is 21.6. The third-order valence-corrected chi connectivity index (χ3v) is 6.13. The Morgan fingerprint density at radius 2 is 1.33 bits per heavy atom. The van der Waals surface area contributed by atoms with E-state index in [9.17, 15) is 18.3 Å². The van der Waals surface area contributed by atoms with Gasteiger partial charge in [-0.05, 0) is 43.7 Å². The van der Waals surface area contributed by atoms with Crippen LogP contribution in [0, 0.1) is 0 Å². The molecule has 1 fully saturated rings. The molecule has 3 rings (SSSR count). The summed E-state index contributed by atoms with van der Waals surface area (Å²) >= 11 is 0. The van der Waals surface area contributed by atoms with Gasteiger partial charge in [0.15, 0.2) is 0 Å². The number of halogens is 3. The highest BCUT2D eigenvalue weighted by Crippen LogP contribution is 2.33. The molecule has 0 saturated heterocycles. The lowest BCUT2D eigenvalue weighted by Crippen LogP contribution is -2.61. The topological polar surface area (TPSA) is 35.5 Å². The summed E-state index contributed by atoms with van der Waals surface area (Å²) < 4.78 is 40.0. The summed E-state index contributed by atoms with van der Waals surface area (Å²) in [5.74, 6) is 0. The smallest absolute Gasteiger partial charge is 0.394 e. The first-order chi connectivity index (χ1) is 14.3. The highest BCUT2D eigenvalue weighted by atomic mass is 19.4. The zero-order valence-corrected chi connectivity index (χ0v) is 17.4. The number of alkyl halides is 3. The number of benzene rings is 2. The van der Waals surface area contributed by atoms with Gasteiger partial charge < -0.3 is 5.11 Å². The molecule has 3 nitrogen and oxygen atoms in total. The first kappa shape index (κ1) is 22.8. The molecule has 0 amide bonds. The number of nitrogens with one attached hydrogen (secondary N) is 1. The van der Waals surface area contributed by atoms with Crippen molar-refractivity contribution in [2.75, 3.05) is 6.61 Å². The average molecular weight is 421 g/mol. The van der Waals surface area contributed by atoms with Crippen LogP contribution in [0.1, 0.15) is 43.7 Å². The molecule has 0 aliphatic heterocycles. The van der Waals surface area contributed by atoms with E-state index in [1.165, 1.54) is 11.1 Å². The molecule has 1 atom stereocenters. The molecular weight excluding hydrogens is 389 g/mol. The predicted octanol–water partition coefficient (Wildman–Crippen LogP) is 4.90. The van der Waals surface area contributed by atoms with E-state index in [2.05, 4.69) is 34.5 Å². The third kappa shape index (κ3) is 5.84. The van der Waals surface area contributed by atoms with E-state index in [4.69, 9.17) is 0 Å². The Labute approximate surface area is 176 Å². The molecule has 0 bridgehead atoms. The maximum atomic E-state index is 13.3. The van der Waals surface area contributed by atoms with Crippen molar-refractivity contribution >= 4 is 0 Å². The molecular formula is C24H31F3N2O. The Balaban J connectivity index is 1.65. The van der Waals surface area contributed by atoms with Crippen molar-refractivity contribution < 1.29 is 18.3 Å². The first-order valence-corrected chi connectivity index (χ1v) is 10.6. The number of aliphatic hydroxyl groups excluding tert-OH is 1. The molecule has 1 aliphatic carbocycles. The largest absolute Gasteiger partial charge is 0.408 e. The second-order valence-corrected chi connectivity index (χ2v) is 8.51. The minimum absolute atomic E-state index is 0.240. The van der Waals surface area contributed by atoms with Crippen molar-refractivity contribution in [1.82, 2.24) is 10.2 Å². The second-order valence-electron chi connectivity index (χ2n) is 8.51. The lowest BCUT2D eigenvalue weighted by atomic mass is 9.87. The second kappa shape index (κ2) is 9.94. The average Bonchev–Trinajstić information content (AvgIpc) is 2.74. The lowest BCUT2D eigenvalue weighted by Gasteiger charge is -2.41. The van der Waals surface area contributed by atoms with Crippen LogP contribution in [-0.2, 0) is 13.1 Å². The predicted molar refractivity (Wildman–Crippen MR) is 113 cm³/mol. The Kier molecular flexibility index (Phi) is 7.55. The van der Waals surface area contributed by atoms with Crippen LogP contribution in [0.3, 0.4) is 0 Å². The van der Waals surface area contributed by atoms with E-state index in [-0.39, 0.29) is 6.04 Å². The van der Waals surface area contributed by atoms with E-state index in [1.54, 1.807) is 0 Å². The minimum atomic E-state index is -4.48. The molecule has 1 aliphatic rings. The summed E-state index contributed by atoms with van der Waals surface area (Å²) in [6, 6.07) is 20.7. The summed E-state index contributed by atoms with van der Waals surface area (Å²) in [5, 5.41) is 12.0. The van der Waals surface area contributed by atoms with Gasteiger partial charge in [-0.15, -0.1) is 0 Å². The number of hydrogen-bond acceptors (Lipinski definition) is 3. The van der Waals surface area contributed by atoms with Crippen LogP contribution in [0.25, 0.3) is 0 Å². The molecule has 2 N–H and O–H groups in total. The summed E-state index contributed by atoms with van der Waals surface area (Å²) in [6.07, 6.45) is -1.49. The van der Waals surface area contributed by atoms with Gasteiger partial charge in [0, 0.05) is 25.2 Å². The van der Waals surface area contributed by atoms with Crippen molar-refractivity contribution in [3.8, 4) is 0 Å². The Morgan fingerprint density at radius 1 is 0.867 bits per heavy atom. The highest BCUT2D eigenvalue weighted by Gasteiger charge is 2.51. The Morgan fingerprint density at radius 3 is 1.73 bits per heavy atom. The summed E-state index contributed by atoms with van der Waals surface area (Å²) in [7, 11) is 0. The zero-order valence-electron chi connectivity index (χ0n) is 17.4. The van der Waals surface area contributed by atoms with Gasteiger partial charge in [-0.25, -0.2) is 0 Å². The fourth-order valence-corrected chi connectivity index (χ4v) is 4.20. The quantitative estimate of drug-likeness (QED) is 0.637. The van der Waals surface area contributed by atoms with Crippen LogP contribution in [-0.4, -0.2) is 40.4 Å². The van der Waals surface area contributed by atoms with Gasteiger partial charge in [0.25, 0.3) is 0 Å². The van der Waals surface area contributed by atoms with E-state index < -0.39 is 18.3 Å². The third-order valence-electron chi connectivity index (χ3n) is 6.13. The normalized spacial score (nSPS) is 22.1. The van der Waals surface area contributed by atoms with Gasteiger partial charge in [-0.2, -0.15) is 13.2 Å². The molecule has 0 unspecified atom stereocenters. The summed E-state index contributed by atoms with van der Waals surface area (Å²) in [6.45, 7) is 1.71. The van der Waals surface area contributed by atoms with Gasteiger partial charge in [-0.3, -0.25) is 10.2 Å². The first-order valence-electron chi connectivity index (χ1n) is 10.6. The maximum absolute atomic E-state index is 13.3. The minimum Gasteiger partial charge on any atom is -0.394 e. The summed E-state index contributed by atoms with van der Waals surface area (Å²) in [4.78, 5) is 2.44. The van der Waals surface area contributed by atoms with Gasteiger partial charge >= 0.3 is 6.18 Å². The van der Waals surface area contributed by atoms with Crippen molar-refractivity contribution in [2.24, 2.45) is 0 Å². The Hall–Kier alpha value is -1.89. The van der Waals surface area contributed by atoms with Crippen LogP contribution in [0.5, 0.6) is 0 Å². The molecule has 0 spiro atoms. The fraction of sp³-hybridized carbons (Fsp3) is 0.500. The number of hydrogen-bond donors (Lipinski definition) is 2. The number of nitrogens with zero attached hydrogens (tertiary/aromatic N) is 1. The molecule has 0 aromatic heterocycles. The molecule has 0 radical (unpaired) electrons. The SMILES string of the molecule is C[C@](CO)(NC1CCC(N(Cc2ccccc2)Cc2ccccc2)CC1)C(F)(F)F. The van der Waals surface area contributed by atoms with Crippen molar-refractivity contribution in [3.63, 3.8) is 0 Å². The monoisotopic (exact) mass is 420 g/mol. The highest BCUT2D eigenvalue weighted by molar-refractivity contribution is 5.17. The van der Waals surface area contributed by atoms with E-state index in [1.807, 2.05) is 36.4 Å². The molecule has 0 heterocycles. The molecule has 30 heavy (non-hydrogen) atoms. The van der Waals surface area contributed by atoms with Crippen LogP contribution in [0.15, 0.2) is 60.7 Å². The van der Waals surface area contributed by atoms with E-state index >= 15 is 0 Å². The number of aliphatic hydroxyl groups is 1. The molecule has 2 aromatic rings. The van der Waals surface area contributed by atoms with Crippen LogP contribution < -0.4 is 5.32 Å². The number of rotatable bonds is 8.